The van der Waals surface area contributed by atoms with Crippen molar-refractivity contribution in [3.63, 3.8) is 0 Å². The van der Waals surface area contributed by atoms with Crippen molar-refractivity contribution in [3.8, 4) is 28.2 Å². The molecule has 10 aromatic rings. The molecule has 4 nitrogen and oxygen atoms in total. The van der Waals surface area contributed by atoms with Crippen LogP contribution in [0.3, 0.4) is 0 Å². The minimum Gasteiger partial charge on any atom is -0.310 e. The van der Waals surface area contributed by atoms with Crippen LogP contribution < -0.4 is 4.90 Å². The minimum atomic E-state index is -0.613. The maximum atomic E-state index is 4.96. The van der Waals surface area contributed by atoms with E-state index >= 15 is 0 Å². The van der Waals surface area contributed by atoms with E-state index in [9.17, 15) is 0 Å². The first kappa shape index (κ1) is 34.7. The third kappa shape index (κ3) is 5.37. The number of benzene rings is 8. The van der Waals surface area contributed by atoms with E-state index in [0.717, 1.165) is 56.7 Å². The van der Waals surface area contributed by atoms with Gasteiger partial charge in [-0.25, -0.2) is 9.97 Å². The van der Waals surface area contributed by atoms with Crippen LogP contribution in [0.5, 0.6) is 0 Å². The van der Waals surface area contributed by atoms with E-state index in [1.54, 1.807) is 0 Å². The van der Waals surface area contributed by atoms with Gasteiger partial charge in [0.1, 0.15) is 5.82 Å². The van der Waals surface area contributed by atoms with E-state index in [0.29, 0.717) is 0 Å². The fraction of sp³-hybridized carbons (Fsp3) is 0.0545. The molecule has 0 N–H and O–H groups in total. The topological polar surface area (TPSA) is 34.0 Å². The van der Waals surface area contributed by atoms with E-state index in [2.05, 4.69) is 217 Å². The summed E-state index contributed by atoms with van der Waals surface area (Å²) in [5, 5.41) is 2.47. The lowest BCUT2D eigenvalue weighted by Gasteiger charge is -2.46. The first-order chi connectivity index (χ1) is 29.1. The van der Waals surface area contributed by atoms with Gasteiger partial charge >= 0.3 is 0 Å². The Morgan fingerprint density at radius 2 is 0.932 bits per heavy atom. The lowest BCUT2D eigenvalue weighted by Crippen LogP contribution is -2.37. The molecule has 4 heteroatoms. The molecule has 0 amide bonds. The van der Waals surface area contributed by atoms with E-state index in [1.165, 1.54) is 44.1 Å². The molecule has 0 atom stereocenters. The molecule has 1 aliphatic rings. The minimum absolute atomic E-state index is 0.613. The lowest BCUT2D eigenvalue weighted by molar-refractivity contribution is 0.732. The highest BCUT2D eigenvalue weighted by molar-refractivity contribution is 6.10. The van der Waals surface area contributed by atoms with Crippen LogP contribution in [0.1, 0.15) is 33.6 Å². The van der Waals surface area contributed by atoms with E-state index < -0.39 is 5.41 Å². The third-order valence-electron chi connectivity index (χ3n) is 12.1. The van der Waals surface area contributed by atoms with Gasteiger partial charge in [-0.3, -0.25) is 0 Å². The maximum Gasteiger partial charge on any atom is 0.126 e. The van der Waals surface area contributed by atoms with E-state index in [1.807, 2.05) is 13.0 Å². The number of fused-ring (bicyclic) bond motifs is 5. The van der Waals surface area contributed by atoms with Crippen molar-refractivity contribution in [2.75, 3.05) is 4.90 Å². The highest BCUT2D eigenvalue weighted by Crippen LogP contribution is 2.58. The Kier molecular flexibility index (Phi) is 8.12. The summed E-state index contributed by atoms with van der Waals surface area (Å²) in [5.41, 5.74) is 16.4. The Morgan fingerprint density at radius 1 is 0.407 bits per heavy atom. The van der Waals surface area contributed by atoms with Gasteiger partial charge in [0.2, 0.25) is 0 Å². The molecule has 0 spiro atoms. The molecular formula is C55H40N4. The van der Waals surface area contributed by atoms with Crippen molar-refractivity contribution >= 4 is 38.9 Å². The second-order valence-electron chi connectivity index (χ2n) is 15.4. The second kappa shape index (κ2) is 13.8. The molecule has 2 aromatic heterocycles. The molecule has 11 rings (SSSR count). The zero-order valence-corrected chi connectivity index (χ0v) is 32.9. The van der Waals surface area contributed by atoms with Gasteiger partial charge in [-0.15, -0.1) is 0 Å². The predicted molar refractivity (Wildman–Crippen MR) is 243 cm³/mol. The van der Waals surface area contributed by atoms with Crippen LogP contribution in [-0.2, 0) is 5.41 Å². The van der Waals surface area contributed by atoms with Crippen LogP contribution in [0.4, 0.5) is 17.1 Å². The van der Waals surface area contributed by atoms with Crippen LogP contribution in [0.2, 0.25) is 0 Å². The summed E-state index contributed by atoms with van der Waals surface area (Å²) < 4.78 is 2.39. The van der Waals surface area contributed by atoms with Crippen molar-refractivity contribution in [1.82, 2.24) is 14.5 Å². The Balaban J connectivity index is 1.11. The predicted octanol–water partition coefficient (Wildman–Crippen LogP) is 13.7. The van der Waals surface area contributed by atoms with Crippen molar-refractivity contribution in [3.05, 3.63) is 240 Å². The zero-order valence-electron chi connectivity index (χ0n) is 32.9. The Morgan fingerprint density at radius 3 is 1.59 bits per heavy atom. The number of aromatic nitrogens is 3. The van der Waals surface area contributed by atoms with Crippen molar-refractivity contribution in [2.24, 2.45) is 0 Å². The summed E-state index contributed by atoms with van der Waals surface area (Å²) in [5.74, 6) is 0.757. The number of nitrogens with zero attached hydrogens (tertiary/aromatic N) is 4. The molecule has 59 heavy (non-hydrogen) atoms. The number of aryl methyl sites for hydroxylation is 1. The van der Waals surface area contributed by atoms with Crippen molar-refractivity contribution in [2.45, 2.75) is 19.3 Å². The first-order valence-electron chi connectivity index (χ1n) is 20.3. The van der Waals surface area contributed by atoms with Crippen LogP contribution in [0, 0.1) is 13.8 Å². The van der Waals surface area contributed by atoms with Gasteiger partial charge in [-0.2, -0.15) is 0 Å². The van der Waals surface area contributed by atoms with E-state index in [-0.39, 0.29) is 0 Å². The van der Waals surface area contributed by atoms with Crippen LogP contribution in [-0.4, -0.2) is 14.5 Å². The van der Waals surface area contributed by atoms with Gasteiger partial charge in [0.05, 0.1) is 39.2 Å². The van der Waals surface area contributed by atoms with Crippen LogP contribution in [0.25, 0.3) is 50.0 Å². The molecule has 8 aromatic carbocycles. The Bertz CT molecular complexity index is 3120. The number of para-hydroxylation sites is 4. The molecule has 0 saturated heterocycles. The fourth-order valence-corrected chi connectivity index (χ4v) is 9.62. The van der Waals surface area contributed by atoms with Crippen LogP contribution >= 0.6 is 0 Å². The second-order valence-corrected chi connectivity index (χ2v) is 15.4. The lowest BCUT2D eigenvalue weighted by atomic mass is 9.62. The van der Waals surface area contributed by atoms with Gasteiger partial charge in [0.15, 0.2) is 0 Å². The molecule has 0 fully saturated rings. The van der Waals surface area contributed by atoms with Gasteiger partial charge in [-0.1, -0.05) is 152 Å². The molecule has 0 aliphatic carbocycles. The van der Waals surface area contributed by atoms with E-state index in [4.69, 9.17) is 9.97 Å². The number of hydrogen-bond donors (Lipinski definition) is 0. The number of hydrogen-bond acceptors (Lipinski definition) is 3. The van der Waals surface area contributed by atoms with Crippen molar-refractivity contribution < 1.29 is 0 Å². The Labute approximate surface area is 344 Å². The quantitative estimate of drug-likeness (QED) is 0.169. The SMILES string of the molecule is Cc1nc(-c2ccccc2)c(C)c(-c2ccc(N3c4ccccc4C(c4ccccc4)(c4ccc5c(c4)c4ccccc4n5-c4ccccc4)c4ccccc43)cc2)n1. The molecule has 3 heterocycles. The number of anilines is 3. The summed E-state index contributed by atoms with van der Waals surface area (Å²) in [6.07, 6.45) is 0. The zero-order chi connectivity index (χ0) is 39.5. The summed E-state index contributed by atoms with van der Waals surface area (Å²) in [6.45, 7) is 4.10. The van der Waals surface area contributed by atoms with Crippen molar-refractivity contribution in [1.29, 1.82) is 0 Å². The highest BCUT2D eigenvalue weighted by Gasteiger charge is 2.46. The molecule has 280 valence electrons. The summed E-state index contributed by atoms with van der Waals surface area (Å²) >= 11 is 0. The molecule has 0 saturated carbocycles. The monoisotopic (exact) mass is 756 g/mol. The molecule has 1 aliphatic heterocycles. The fourth-order valence-electron chi connectivity index (χ4n) is 9.62. The molecular weight excluding hydrogens is 717 g/mol. The molecule has 0 bridgehead atoms. The summed E-state index contributed by atoms with van der Waals surface area (Å²) in [7, 11) is 0. The number of rotatable bonds is 6. The third-order valence-corrected chi connectivity index (χ3v) is 12.1. The highest BCUT2D eigenvalue weighted by atomic mass is 15.2. The summed E-state index contributed by atoms with van der Waals surface area (Å²) in [6, 6.07) is 74.9. The normalized spacial score (nSPS) is 13.0. The average molecular weight is 757 g/mol. The molecule has 0 unspecified atom stereocenters. The maximum absolute atomic E-state index is 4.96. The smallest absolute Gasteiger partial charge is 0.126 e. The van der Waals surface area contributed by atoms with Gasteiger partial charge in [-0.05, 0) is 90.7 Å². The standard InChI is InChI=1S/C55H40N4/c1-37-53(39-18-6-3-7-19-39)56-38(2)57-54(37)40-30-33-44(34-31-40)59-51-28-16-13-25-47(51)55(41-20-8-4-9-21-41,48-26-14-17-29-52(48)59)42-32-35-50-46(36-42)45-24-12-15-27-49(45)58(50)43-22-10-5-11-23-43/h3-36H,1-2H3. The van der Waals surface area contributed by atoms with Gasteiger partial charge < -0.3 is 9.47 Å². The first-order valence-corrected chi connectivity index (χ1v) is 20.3. The summed E-state index contributed by atoms with van der Waals surface area (Å²) in [4.78, 5) is 12.3. The molecule has 0 radical (unpaired) electrons. The Hall–Kier alpha value is -7.56. The van der Waals surface area contributed by atoms with Gasteiger partial charge in [0, 0.05) is 38.8 Å². The van der Waals surface area contributed by atoms with Gasteiger partial charge in [0.25, 0.3) is 0 Å². The van der Waals surface area contributed by atoms with Crippen LogP contribution in [0.15, 0.2) is 206 Å². The average Bonchev–Trinajstić information content (AvgIpc) is 3.63. The largest absolute Gasteiger partial charge is 0.310 e.